The molecular weight excluding hydrogens is 246 g/mol. The summed E-state index contributed by atoms with van der Waals surface area (Å²) in [6.45, 7) is 1.38. The summed E-state index contributed by atoms with van der Waals surface area (Å²) in [6, 6.07) is 0. The predicted octanol–water partition coefficient (Wildman–Crippen LogP) is 1.42. The molecule has 0 radical (unpaired) electrons. The maximum Gasteiger partial charge on any atom is 0.307 e. The van der Waals surface area contributed by atoms with Gasteiger partial charge in [0.1, 0.15) is 0 Å². The summed E-state index contributed by atoms with van der Waals surface area (Å²) in [5, 5.41) is 12.1. The number of ether oxygens (including phenoxy) is 1. The zero-order valence-corrected chi connectivity index (χ0v) is 11.5. The molecule has 0 heterocycles. The number of rotatable bonds is 7. The Balaban J connectivity index is 1.80. The highest BCUT2D eigenvalue weighted by Crippen LogP contribution is 2.48. The molecule has 0 aliphatic heterocycles. The molecule has 2 atom stereocenters. The van der Waals surface area contributed by atoms with E-state index in [1.807, 2.05) is 0 Å². The molecule has 0 aromatic rings. The third-order valence-corrected chi connectivity index (χ3v) is 4.60. The second-order valence-electron chi connectivity index (χ2n) is 5.94. The average molecular weight is 269 g/mol. The second-order valence-corrected chi connectivity index (χ2v) is 5.94. The molecule has 0 aromatic heterocycles. The minimum absolute atomic E-state index is 0.0754. The van der Waals surface area contributed by atoms with Crippen molar-refractivity contribution in [3.05, 3.63) is 0 Å². The SMILES string of the molecule is COCCC1(CNC(=O)[C@@H]2CCC[C@@H]2C(=O)O)CC1. The molecule has 2 saturated carbocycles. The van der Waals surface area contributed by atoms with Gasteiger partial charge in [0, 0.05) is 20.3 Å². The lowest BCUT2D eigenvalue weighted by atomic mass is 9.94. The summed E-state index contributed by atoms with van der Waals surface area (Å²) in [7, 11) is 1.69. The van der Waals surface area contributed by atoms with Crippen LogP contribution in [0.2, 0.25) is 0 Å². The minimum atomic E-state index is -0.835. The number of hydrogen-bond acceptors (Lipinski definition) is 3. The van der Waals surface area contributed by atoms with Gasteiger partial charge in [-0.25, -0.2) is 0 Å². The van der Waals surface area contributed by atoms with Gasteiger partial charge in [-0.05, 0) is 37.5 Å². The molecule has 2 N–H and O–H groups in total. The molecule has 2 fully saturated rings. The first kappa shape index (κ1) is 14.3. The first-order valence-electron chi connectivity index (χ1n) is 7.07. The van der Waals surface area contributed by atoms with Crippen molar-refractivity contribution >= 4 is 11.9 Å². The van der Waals surface area contributed by atoms with Crippen LogP contribution in [0.5, 0.6) is 0 Å². The molecule has 19 heavy (non-hydrogen) atoms. The molecule has 0 spiro atoms. The first-order valence-corrected chi connectivity index (χ1v) is 7.07. The van der Waals surface area contributed by atoms with E-state index in [-0.39, 0.29) is 17.2 Å². The number of methoxy groups -OCH3 is 1. The smallest absolute Gasteiger partial charge is 0.307 e. The van der Waals surface area contributed by atoms with Crippen molar-refractivity contribution in [3.63, 3.8) is 0 Å². The Bertz CT molecular complexity index is 351. The summed E-state index contributed by atoms with van der Waals surface area (Å²) < 4.78 is 5.08. The van der Waals surface area contributed by atoms with Crippen molar-refractivity contribution in [3.8, 4) is 0 Å². The largest absolute Gasteiger partial charge is 0.481 e. The predicted molar refractivity (Wildman–Crippen MR) is 69.6 cm³/mol. The highest BCUT2D eigenvalue weighted by molar-refractivity contribution is 5.85. The van der Waals surface area contributed by atoms with E-state index in [2.05, 4.69) is 5.32 Å². The number of hydrogen-bond donors (Lipinski definition) is 2. The number of carboxylic acid groups (broad SMARTS) is 1. The maximum atomic E-state index is 12.1. The lowest BCUT2D eigenvalue weighted by Gasteiger charge is -2.19. The van der Waals surface area contributed by atoms with Gasteiger partial charge in [0.15, 0.2) is 0 Å². The second kappa shape index (κ2) is 5.90. The van der Waals surface area contributed by atoms with E-state index in [4.69, 9.17) is 9.84 Å². The Kier molecular flexibility index (Phi) is 4.45. The normalized spacial score (nSPS) is 28.1. The summed E-state index contributed by atoms with van der Waals surface area (Å²) in [6.07, 6.45) is 5.39. The molecule has 108 valence electrons. The van der Waals surface area contributed by atoms with E-state index in [1.54, 1.807) is 7.11 Å². The van der Waals surface area contributed by atoms with E-state index >= 15 is 0 Å². The van der Waals surface area contributed by atoms with Crippen LogP contribution in [0.4, 0.5) is 0 Å². The van der Waals surface area contributed by atoms with Crippen LogP contribution in [0.25, 0.3) is 0 Å². The van der Waals surface area contributed by atoms with Gasteiger partial charge < -0.3 is 15.2 Å². The molecule has 0 aromatic carbocycles. The van der Waals surface area contributed by atoms with E-state index in [0.717, 1.165) is 32.3 Å². The molecular formula is C14H23NO4. The molecule has 5 heteroatoms. The number of carbonyl (C=O) groups is 2. The lowest BCUT2D eigenvalue weighted by Crippen LogP contribution is -2.38. The Morgan fingerprint density at radius 2 is 2.00 bits per heavy atom. The number of amides is 1. The Labute approximate surface area is 113 Å². The third-order valence-electron chi connectivity index (χ3n) is 4.60. The van der Waals surface area contributed by atoms with Crippen LogP contribution >= 0.6 is 0 Å². The monoisotopic (exact) mass is 269 g/mol. The number of carbonyl (C=O) groups excluding carboxylic acids is 1. The van der Waals surface area contributed by atoms with Crippen LogP contribution in [0.1, 0.15) is 38.5 Å². The van der Waals surface area contributed by atoms with Gasteiger partial charge in [0.25, 0.3) is 0 Å². The molecule has 2 aliphatic rings. The molecule has 0 saturated heterocycles. The van der Waals surface area contributed by atoms with Crippen molar-refractivity contribution in [2.45, 2.75) is 38.5 Å². The Hall–Kier alpha value is -1.10. The van der Waals surface area contributed by atoms with Crippen LogP contribution < -0.4 is 5.32 Å². The van der Waals surface area contributed by atoms with Gasteiger partial charge in [-0.3, -0.25) is 9.59 Å². The van der Waals surface area contributed by atoms with Crippen LogP contribution in [0, 0.1) is 17.3 Å². The molecule has 0 bridgehead atoms. The fourth-order valence-corrected chi connectivity index (χ4v) is 2.99. The molecule has 5 nitrogen and oxygen atoms in total. The van der Waals surface area contributed by atoms with Crippen molar-refractivity contribution in [2.75, 3.05) is 20.3 Å². The summed E-state index contributed by atoms with van der Waals surface area (Å²) in [5.41, 5.74) is 0.211. The van der Waals surface area contributed by atoms with Crippen LogP contribution in [-0.4, -0.2) is 37.2 Å². The van der Waals surface area contributed by atoms with Gasteiger partial charge in [0.2, 0.25) is 5.91 Å². The molecule has 2 aliphatic carbocycles. The maximum absolute atomic E-state index is 12.1. The summed E-state index contributed by atoms with van der Waals surface area (Å²) >= 11 is 0. The fraction of sp³-hybridized carbons (Fsp3) is 0.857. The quantitative estimate of drug-likeness (QED) is 0.733. The topological polar surface area (TPSA) is 75.6 Å². The van der Waals surface area contributed by atoms with Gasteiger partial charge in [0.05, 0.1) is 11.8 Å². The van der Waals surface area contributed by atoms with Gasteiger partial charge in [-0.1, -0.05) is 6.42 Å². The summed E-state index contributed by atoms with van der Waals surface area (Å²) in [5.74, 6) is -1.74. The van der Waals surface area contributed by atoms with E-state index < -0.39 is 11.9 Å². The third kappa shape index (κ3) is 3.47. The zero-order valence-electron chi connectivity index (χ0n) is 11.5. The Morgan fingerprint density at radius 1 is 1.32 bits per heavy atom. The van der Waals surface area contributed by atoms with Gasteiger partial charge >= 0.3 is 5.97 Å². The number of carboxylic acids is 1. The zero-order chi connectivity index (χ0) is 13.9. The van der Waals surface area contributed by atoms with Crippen LogP contribution in [0.15, 0.2) is 0 Å². The van der Waals surface area contributed by atoms with Crippen LogP contribution in [-0.2, 0) is 14.3 Å². The van der Waals surface area contributed by atoms with E-state index in [0.29, 0.717) is 19.4 Å². The molecule has 1 amide bonds. The average Bonchev–Trinajstić information content (AvgIpc) is 2.97. The lowest BCUT2D eigenvalue weighted by molar-refractivity contribution is -0.146. The van der Waals surface area contributed by atoms with Crippen molar-refractivity contribution in [1.29, 1.82) is 0 Å². The first-order chi connectivity index (χ1) is 9.08. The van der Waals surface area contributed by atoms with E-state index in [9.17, 15) is 9.59 Å². The van der Waals surface area contributed by atoms with Crippen molar-refractivity contribution < 1.29 is 19.4 Å². The van der Waals surface area contributed by atoms with Crippen LogP contribution in [0.3, 0.4) is 0 Å². The highest BCUT2D eigenvalue weighted by Gasteiger charge is 2.43. The standard InChI is InChI=1S/C14H23NO4/c1-19-8-7-14(5-6-14)9-15-12(16)10-3-2-4-11(10)13(17)18/h10-11H,2-9H2,1H3,(H,15,16)(H,17,18)/t10-,11+/m1/s1. The number of nitrogens with one attached hydrogen (secondary N) is 1. The van der Waals surface area contributed by atoms with Gasteiger partial charge in [-0.15, -0.1) is 0 Å². The van der Waals surface area contributed by atoms with Crippen molar-refractivity contribution in [1.82, 2.24) is 5.32 Å². The van der Waals surface area contributed by atoms with Crippen molar-refractivity contribution in [2.24, 2.45) is 17.3 Å². The van der Waals surface area contributed by atoms with Gasteiger partial charge in [-0.2, -0.15) is 0 Å². The minimum Gasteiger partial charge on any atom is -0.481 e. The molecule has 2 rings (SSSR count). The number of aliphatic carboxylic acids is 1. The fourth-order valence-electron chi connectivity index (χ4n) is 2.99. The Morgan fingerprint density at radius 3 is 2.58 bits per heavy atom. The van der Waals surface area contributed by atoms with E-state index in [1.165, 1.54) is 0 Å². The molecule has 0 unspecified atom stereocenters. The summed E-state index contributed by atoms with van der Waals surface area (Å²) in [4.78, 5) is 23.2. The highest BCUT2D eigenvalue weighted by atomic mass is 16.5.